The van der Waals surface area contributed by atoms with Gasteiger partial charge in [-0.2, -0.15) is 5.26 Å². The smallest absolute Gasteiger partial charge is 0.161 e. The van der Waals surface area contributed by atoms with Gasteiger partial charge in [-0.3, -0.25) is 4.99 Å². The summed E-state index contributed by atoms with van der Waals surface area (Å²) in [5.41, 5.74) is 8.04. The Hall–Kier alpha value is -5.92. The number of benzene rings is 6. The largest absolute Gasteiger partial charge is 0.261 e. The van der Waals surface area contributed by atoms with Crippen LogP contribution in [-0.4, -0.2) is 18.4 Å². The molecule has 4 nitrogen and oxygen atoms in total. The summed E-state index contributed by atoms with van der Waals surface area (Å²) in [5.74, 6) is 1.14. The molecule has 0 saturated carbocycles. The van der Waals surface area contributed by atoms with Crippen molar-refractivity contribution in [2.75, 3.05) is 0 Å². The number of hydrogen-bond acceptors (Lipinski definition) is 2. The van der Waals surface area contributed by atoms with Crippen molar-refractivity contribution in [1.29, 1.82) is 5.26 Å². The molecule has 204 valence electrons. The maximum atomic E-state index is 9.17. The van der Waals surface area contributed by atoms with Gasteiger partial charge in [0.15, 0.2) is 11.7 Å². The van der Waals surface area contributed by atoms with E-state index in [9.17, 15) is 0 Å². The van der Waals surface area contributed by atoms with Gasteiger partial charge in [-0.05, 0) is 63.5 Å². The van der Waals surface area contributed by atoms with Crippen molar-refractivity contribution in [1.82, 2.24) is 0 Å². The van der Waals surface area contributed by atoms with E-state index in [1.54, 1.807) is 0 Å². The fourth-order valence-corrected chi connectivity index (χ4v) is 5.19. The lowest BCUT2D eigenvalue weighted by molar-refractivity contribution is 1.07. The molecule has 6 aromatic carbocycles. The van der Waals surface area contributed by atoms with Gasteiger partial charge in [0.1, 0.15) is 0 Å². The molecule has 43 heavy (non-hydrogen) atoms. The van der Waals surface area contributed by atoms with Gasteiger partial charge in [0, 0.05) is 11.1 Å². The van der Waals surface area contributed by atoms with Gasteiger partial charge in [0.05, 0.1) is 18.2 Å². The second kappa shape index (κ2) is 12.7. The molecule has 0 heterocycles. The first-order valence-corrected chi connectivity index (χ1v) is 14.1. The first kappa shape index (κ1) is 27.3. The molecular weight excluding hydrogens is 524 g/mol. The summed E-state index contributed by atoms with van der Waals surface area (Å²) >= 11 is 0. The Morgan fingerprint density at radius 3 is 1.91 bits per heavy atom. The number of nitriles is 1. The lowest BCUT2D eigenvalue weighted by atomic mass is 9.93. The van der Waals surface area contributed by atoms with E-state index >= 15 is 0 Å². The Morgan fingerprint density at radius 1 is 0.581 bits per heavy atom. The van der Waals surface area contributed by atoms with Crippen molar-refractivity contribution < 1.29 is 0 Å². The number of rotatable bonds is 6. The van der Waals surface area contributed by atoms with E-state index < -0.39 is 0 Å². The van der Waals surface area contributed by atoms with Gasteiger partial charge < -0.3 is 0 Å². The minimum absolute atomic E-state index is 0.457. The third-order valence-corrected chi connectivity index (χ3v) is 7.36. The summed E-state index contributed by atoms with van der Waals surface area (Å²) in [6.45, 7) is 4.22. The second-order valence-corrected chi connectivity index (χ2v) is 10.1. The summed E-state index contributed by atoms with van der Waals surface area (Å²) in [6, 6.07) is 51.0. The van der Waals surface area contributed by atoms with Crippen LogP contribution in [0.2, 0.25) is 0 Å². The van der Waals surface area contributed by atoms with Crippen LogP contribution in [0.4, 0.5) is 0 Å². The van der Waals surface area contributed by atoms with Crippen molar-refractivity contribution in [3.05, 3.63) is 168 Å². The van der Waals surface area contributed by atoms with Crippen LogP contribution in [0.5, 0.6) is 0 Å². The first-order chi connectivity index (χ1) is 21.2. The van der Waals surface area contributed by atoms with Crippen LogP contribution in [-0.2, 0) is 6.54 Å². The molecule has 0 amide bonds. The van der Waals surface area contributed by atoms with Crippen molar-refractivity contribution in [3.63, 3.8) is 0 Å². The number of amidine groups is 2. The van der Waals surface area contributed by atoms with Crippen LogP contribution in [0.25, 0.3) is 33.0 Å². The molecule has 4 heteroatoms. The van der Waals surface area contributed by atoms with Gasteiger partial charge in [-0.1, -0.05) is 127 Å². The topological polar surface area (TPSA) is 60.9 Å². The average molecular weight is 553 g/mol. The summed E-state index contributed by atoms with van der Waals surface area (Å²) in [5, 5.41) is 11.5. The molecule has 0 saturated heterocycles. The Labute approximate surface area is 251 Å². The van der Waals surface area contributed by atoms with Crippen molar-refractivity contribution in [3.8, 4) is 28.3 Å². The van der Waals surface area contributed by atoms with E-state index in [1.165, 1.54) is 0 Å². The van der Waals surface area contributed by atoms with E-state index in [1.807, 2.05) is 84.9 Å². The van der Waals surface area contributed by atoms with Crippen LogP contribution in [0, 0.1) is 11.3 Å². The first-order valence-electron chi connectivity index (χ1n) is 14.1. The van der Waals surface area contributed by atoms with Crippen LogP contribution in [0.15, 0.2) is 161 Å². The number of fused-ring (bicyclic) bond motifs is 1. The maximum Gasteiger partial charge on any atom is 0.161 e. The van der Waals surface area contributed by atoms with Gasteiger partial charge in [0.25, 0.3) is 0 Å². The predicted octanol–water partition coefficient (Wildman–Crippen LogP) is 9.14. The van der Waals surface area contributed by atoms with E-state index in [0.29, 0.717) is 23.8 Å². The van der Waals surface area contributed by atoms with Crippen LogP contribution in [0.3, 0.4) is 0 Å². The van der Waals surface area contributed by atoms with Crippen LogP contribution in [0.1, 0.15) is 22.3 Å². The second-order valence-electron chi connectivity index (χ2n) is 10.1. The van der Waals surface area contributed by atoms with Gasteiger partial charge in [-0.15, -0.1) is 0 Å². The zero-order valence-corrected chi connectivity index (χ0v) is 23.6. The third kappa shape index (κ3) is 6.07. The molecule has 0 spiro atoms. The highest BCUT2D eigenvalue weighted by Gasteiger charge is 2.10. The molecular formula is C39H28N4. The minimum Gasteiger partial charge on any atom is -0.261 e. The molecule has 0 N–H and O–H groups in total. The summed E-state index contributed by atoms with van der Waals surface area (Å²) in [4.78, 5) is 14.1. The average Bonchev–Trinajstić information content (AvgIpc) is 3.09. The molecule has 0 aromatic heterocycles. The van der Waals surface area contributed by atoms with Gasteiger partial charge >= 0.3 is 0 Å². The standard InChI is InChI=1S/C39H28N4/c1-41-38(30-11-4-2-5-12-30)43-39(31-13-6-3-7-14-31)42-27-34-17-9-20-37-35(18-10-19-36(34)37)33-16-8-15-32(25-33)29-23-21-28(26-40)22-24-29/h2-25H,1,27H2. The fourth-order valence-electron chi connectivity index (χ4n) is 5.19. The zero-order valence-electron chi connectivity index (χ0n) is 23.6. The van der Waals surface area contributed by atoms with E-state index in [2.05, 4.69) is 78.4 Å². The Morgan fingerprint density at radius 2 is 1.21 bits per heavy atom. The Bertz CT molecular complexity index is 2000. The molecule has 0 aliphatic rings. The van der Waals surface area contributed by atoms with Crippen molar-refractivity contribution >= 4 is 29.2 Å². The van der Waals surface area contributed by atoms with E-state index in [4.69, 9.17) is 15.2 Å². The summed E-state index contributed by atoms with van der Waals surface area (Å²) in [6.07, 6.45) is 0. The highest BCUT2D eigenvalue weighted by molar-refractivity contribution is 6.12. The summed E-state index contributed by atoms with van der Waals surface area (Å²) < 4.78 is 0. The molecule has 6 rings (SSSR count). The number of nitrogens with zero attached hydrogens (tertiary/aromatic N) is 4. The molecule has 0 aliphatic heterocycles. The van der Waals surface area contributed by atoms with Gasteiger partial charge in [0.2, 0.25) is 0 Å². The van der Waals surface area contributed by atoms with Crippen LogP contribution >= 0.6 is 0 Å². The van der Waals surface area contributed by atoms with E-state index in [-0.39, 0.29) is 0 Å². The lowest BCUT2D eigenvalue weighted by Crippen LogP contribution is -2.05. The SMILES string of the molecule is C=NC(=NC(=NCc1cccc2c(-c3cccc(-c4ccc(C#N)cc4)c3)cccc12)c1ccccc1)c1ccccc1. The van der Waals surface area contributed by atoms with Crippen LogP contribution < -0.4 is 0 Å². The summed E-state index contributed by atoms with van der Waals surface area (Å²) in [7, 11) is 0. The molecule has 0 bridgehead atoms. The highest BCUT2D eigenvalue weighted by atomic mass is 15.0. The lowest BCUT2D eigenvalue weighted by Gasteiger charge is -2.12. The highest BCUT2D eigenvalue weighted by Crippen LogP contribution is 2.33. The molecule has 0 unspecified atom stereocenters. The normalized spacial score (nSPS) is 11.7. The quantitative estimate of drug-likeness (QED) is 0.150. The van der Waals surface area contributed by atoms with Gasteiger partial charge in [-0.25, -0.2) is 9.98 Å². The molecule has 0 atom stereocenters. The molecule has 6 aromatic rings. The molecule has 0 radical (unpaired) electrons. The molecule has 0 fully saturated rings. The number of aliphatic imine (C=N–C) groups is 3. The minimum atomic E-state index is 0.457. The van der Waals surface area contributed by atoms with Crippen molar-refractivity contribution in [2.24, 2.45) is 15.0 Å². The maximum absolute atomic E-state index is 9.17. The monoisotopic (exact) mass is 552 g/mol. The fraction of sp³-hybridized carbons (Fsp3) is 0.0256. The zero-order chi connectivity index (χ0) is 29.4. The predicted molar refractivity (Wildman–Crippen MR) is 179 cm³/mol. The third-order valence-electron chi connectivity index (χ3n) is 7.36. The Balaban J connectivity index is 1.39. The number of hydrogen-bond donors (Lipinski definition) is 0. The molecule has 0 aliphatic carbocycles. The van der Waals surface area contributed by atoms with Crippen molar-refractivity contribution in [2.45, 2.75) is 6.54 Å². The van der Waals surface area contributed by atoms with E-state index in [0.717, 1.165) is 49.7 Å². The Kier molecular flexibility index (Phi) is 8.06.